The number of anilines is 1. The van der Waals surface area contributed by atoms with Crippen molar-refractivity contribution < 1.29 is 26.7 Å². The van der Waals surface area contributed by atoms with Crippen molar-refractivity contribution in [1.82, 2.24) is 0 Å². The molecule has 1 aromatic carbocycles. The predicted molar refractivity (Wildman–Crippen MR) is 65.8 cm³/mol. The van der Waals surface area contributed by atoms with Gasteiger partial charge in [-0.1, -0.05) is 11.6 Å². The van der Waals surface area contributed by atoms with Crippen molar-refractivity contribution >= 4 is 27.3 Å². The van der Waals surface area contributed by atoms with Gasteiger partial charge in [-0.05, 0) is 24.6 Å². The zero-order valence-corrected chi connectivity index (χ0v) is 11.1. The smallest absolute Gasteiger partial charge is 0.389 e. The van der Waals surface area contributed by atoms with Crippen LogP contribution in [0.2, 0.25) is 5.02 Å². The van der Waals surface area contributed by atoms with Crippen LogP contribution < -0.4 is 4.72 Å². The van der Waals surface area contributed by atoms with Gasteiger partial charge in [-0.15, -0.1) is 0 Å². The summed E-state index contributed by atoms with van der Waals surface area (Å²) < 4.78 is 60.7. The van der Waals surface area contributed by atoms with Gasteiger partial charge in [0.15, 0.2) is 0 Å². The van der Waals surface area contributed by atoms with Crippen LogP contribution in [-0.2, 0) is 10.0 Å². The van der Waals surface area contributed by atoms with Crippen molar-refractivity contribution in [2.24, 2.45) is 0 Å². The summed E-state index contributed by atoms with van der Waals surface area (Å²) in [7, 11) is -3.96. The SMILES string of the molecule is O=S(=O)(CCCC(F)(F)F)Nc1cc(Cl)ccc1O. The molecule has 9 heteroatoms. The second-order valence-electron chi connectivity index (χ2n) is 3.80. The third kappa shape index (κ3) is 6.02. The van der Waals surface area contributed by atoms with E-state index >= 15 is 0 Å². The van der Waals surface area contributed by atoms with Crippen LogP contribution in [0.15, 0.2) is 18.2 Å². The van der Waals surface area contributed by atoms with Crippen LogP contribution in [0.1, 0.15) is 12.8 Å². The normalized spacial score (nSPS) is 12.4. The van der Waals surface area contributed by atoms with E-state index in [-0.39, 0.29) is 16.5 Å². The standard InChI is InChI=1S/C10H11ClF3NO3S/c11-7-2-3-9(16)8(6-7)15-19(17,18)5-1-4-10(12,13)14/h2-3,6,15-16H,1,4-5H2. The van der Waals surface area contributed by atoms with Crippen LogP contribution >= 0.6 is 11.6 Å². The first kappa shape index (κ1) is 15.9. The van der Waals surface area contributed by atoms with E-state index in [1.54, 1.807) is 0 Å². The Morgan fingerprint density at radius 3 is 2.53 bits per heavy atom. The molecule has 0 atom stereocenters. The highest BCUT2D eigenvalue weighted by atomic mass is 35.5. The molecule has 19 heavy (non-hydrogen) atoms. The van der Waals surface area contributed by atoms with Crippen molar-refractivity contribution in [2.45, 2.75) is 19.0 Å². The molecule has 0 aliphatic heterocycles. The van der Waals surface area contributed by atoms with Gasteiger partial charge < -0.3 is 5.11 Å². The maximum Gasteiger partial charge on any atom is 0.389 e. The van der Waals surface area contributed by atoms with Gasteiger partial charge in [0, 0.05) is 11.4 Å². The highest BCUT2D eigenvalue weighted by Gasteiger charge is 2.27. The molecule has 0 aromatic heterocycles. The van der Waals surface area contributed by atoms with E-state index in [1.807, 2.05) is 4.72 Å². The maximum absolute atomic E-state index is 11.9. The van der Waals surface area contributed by atoms with Gasteiger partial charge in [-0.25, -0.2) is 8.42 Å². The molecule has 1 rings (SSSR count). The predicted octanol–water partition coefficient (Wildman–Crippen LogP) is 3.13. The minimum atomic E-state index is -4.40. The molecule has 0 aliphatic carbocycles. The van der Waals surface area contributed by atoms with Crippen molar-refractivity contribution in [3.8, 4) is 5.75 Å². The summed E-state index contributed by atoms with van der Waals surface area (Å²) in [6, 6.07) is 3.69. The third-order valence-corrected chi connectivity index (χ3v) is 3.69. The summed E-state index contributed by atoms with van der Waals surface area (Å²) in [5.74, 6) is -1.05. The van der Waals surface area contributed by atoms with E-state index in [0.29, 0.717) is 0 Å². The van der Waals surface area contributed by atoms with Crippen molar-refractivity contribution in [3.05, 3.63) is 23.2 Å². The van der Waals surface area contributed by atoms with Crippen LogP contribution in [0, 0.1) is 0 Å². The number of aromatic hydroxyl groups is 1. The number of phenolic OH excluding ortho intramolecular Hbond substituents is 1. The molecule has 0 heterocycles. The topological polar surface area (TPSA) is 66.4 Å². The van der Waals surface area contributed by atoms with Gasteiger partial charge in [-0.2, -0.15) is 13.2 Å². The van der Waals surface area contributed by atoms with E-state index in [0.717, 1.165) is 6.07 Å². The molecule has 0 radical (unpaired) electrons. The number of benzene rings is 1. The van der Waals surface area contributed by atoms with Gasteiger partial charge in [0.1, 0.15) is 5.75 Å². The molecule has 0 fully saturated rings. The molecule has 0 bridgehead atoms. The first-order valence-electron chi connectivity index (χ1n) is 5.15. The molecule has 4 nitrogen and oxygen atoms in total. The van der Waals surface area contributed by atoms with Crippen LogP contribution in [0.4, 0.5) is 18.9 Å². The summed E-state index contributed by atoms with van der Waals surface area (Å²) >= 11 is 5.62. The number of phenols is 1. The summed E-state index contributed by atoms with van der Waals surface area (Å²) in [5.41, 5.74) is -0.167. The van der Waals surface area contributed by atoms with Crippen LogP contribution in [0.5, 0.6) is 5.75 Å². The van der Waals surface area contributed by atoms with Crippen molar-refractivity contribution in [3.63, 3.8) is 0 Å². The molecule has 0 amide bonds. The van der Waals surface area contributed by atoms with Crippen molar-refractivity contribution in [1.29, 1.82) is 0 Å². The number of halogens is 4. The number of sulfonamides is 1. The number of hydrogen-bond acceptors (Lipinski definition) is 3. The fourth-order valence-corrected chi connectivity index (χ4v) is 2.57. The number of nitrogens with one attached hydrogen (secondary N) is 1. The lowest BCUT2D eigenvalue weighted by Crippen LogP contribution is -2.18. The zero-order chi connectivity index (χ0) is 14.7. The Kier molecular flexibility index (Phi) is 4.92. The van der Waals surface area contributed by atoms with Crippen LogP contribution in [0.3, 0.4) is 0 Å². The summed E-state index contributed by atoms with van der Waals surface area (Å²) in [6.45, 7) is 0. The molecule has 2 N–H and O–H groups in total. The third-order valence-electron chi connectivity index (χ3n) is 2.10. The molecule has 0 spiro atoms. The highest BCUT2D eigenvalue weighted by molar-refractivity contribution is 7.92. The largest absolute Gasteiger partial charge is 0.506 e. The molecule has 0 unspecified atom stereocenters. The second-order valence-corrected chi connectivity index (χ2v) is 6.08. The first-order valence-corrected chi connectivity index (χ1v) is 7.18. The molecular weight excluding hydrogens is 307 g/mol. The molecule has 0 saturated carbocycles. The van der Waals surface area contributed by atoms with Crippen LogP contribution in [0.25, 0.3) is 0 Å². The van der Waals surface area contributed by atoms with E-state index < -0.39 is 34.8 Å². The Bertz CT molecular complexity index is 545. The minimum absolute atomic E-state index is 0.167. The quantitative estimate of drug-likeness (QED) is 0.820. The number of rotatable bonds is 5. The number of alkyl halides is 3. The van der Waals surface area contributed by atoms with E-state index in [1.165, 1.54) is 12.1 Å². The average Bonchev–Trinajstić information content (AvgIpc) is 2.20. The Hall–Kier alpha value is -1.15. The molecular formula is C10H11ClF3NO3S. The molecule has 108 valence electrons. The lowest BCUT2D eigenvalue weighted by molar-refractivity contribution is -0.134. The fourth-order valence-electron chi connectivity index (χ4n) is 1.27. The Morgan fingerprint density at radius 1 is 1.32 bits per heavy atom. The average molecular weight is 318 g/mol. The Morgan fingerprint density at radius 2 is 1.95 bits per heavy atom. The van der Waals surface area contributed by atoms with E-state index in [9.17, 15) is 26.7 Å². The van der Waals surface area contributed by atoms with Gasteiger partial charge in [-0.3, -0.25) is 4.72 Å². The van der Waals surface area contributed by atoms with E-state index in [2.05, 4.69) is 0 Å². The van der Waals surface area contributed by atoms with Gasteiger partial charge in [0.2, 0.25) is 10.0 Å². The Balaban J connectivity index is 2.67. The first-order chi connectivity index (χ1) is 8.59. The maximum atomic E-state index is 11.9. The Labute approximate surface area is 113 Å². The summed E-state index contributed by atoms with van der Waals surface area (Å²) in [4.78, 5) is 0. The van der Waals surface area contributed by atoms with Gasteiger partial charge in [0.05, 0.1) is 11.4 Å². The number of hydrogen-bond donors (Lipinski definition) is 2. The van der Waals surface area contributed by atoms with E-state index in [4.69, 9.17) is 11.6 Å². The van der Waals surface area contributed by atoms with Gasteiger partial charge >= 0.3 is 6.18 Å². The van der Waals surface area contributed by atoms with Crippen molar-refractivity contribution in [2.75, 3.05) is 10.5 Å². The monoisotopic (exact) mass is 317 g/mol. The molecule has 1 aromatic rings. The molecule has 0 saturated heterocycles. The molecule has 0 aliphatic rings. The van der Waals surface area contributed by atoms with Gasteiger partial charge in [0.25, 0.3) is 0 Å². The fraction of sp³-hybridized carbons (Fsp3) is 0.400. The lowest BCUT2D eigenvalue weighted by Gasteiger charge is -2.10. The summed E-state index contributed by atoms with van der Waals surface area (Å²) in [5, 5.41) is 9.57. The van der Waals surface area contributed by atoms with Crippen LogP contribution in [-0.4, -0.2) is 25.5 Å². The highest BCUT2D eigenvalue weighted by Crippen LogP contribution is 2.28. The zero-order valence-electron chi connectivity index (χ0n) is 9.54. The lowest BCUT2D eigenvalue weighted by atomic mass is 10.3. The second kappa shape index (κ2) is 5.87. The summed E-state index contributed by atoms with van der Waals surface area (Å²) in [6.07, 6.45) is -6.14. The minimum Gasteiger partial charge on any atom is -0.506 e.